The van der Waals surface area contributed by atoms with Crippen molar-refractivity contribution in [3.8, 4) is 22.1 Å². The third-order valence-corrected chi connectivity index (χ3v) is 5.81. The summed E-state index contributed by atoms with van der Waals surface area (Å²) in [4.78, 5) is 30.0. The van der Waals surface area contributed by atoms with E-state index in [0.717, 1.165) is 10.6 Å². The number of aryl methyl sites for hydroxylation is 1. The Kier molecular flexibility index (Phi) is 6.50. The van der Waals surface area contributed by atoms with Gasteiger partial charge in [0.15, 0.2) is 0 Å². The molecule has 3 rings (SSSR count). The molecule has 0 aliphatic carbocycles. The number of hydrogen-bond acceptors (Lipinski definition) is 6. The Morgan fingerprint density at radius 2 is 1.72 bits per heavy atom. The number of aromatic nitrogens is 1. The van der Waals surface area contributed by atoms with Gasteiger partial charge in [-0.3, -0.25) is 20.4 Å². The van der Waals surface area contributed by atoms with Gasteiger partial charge in [-0.15, -0.1) is 11.3 Å². The SMILES string of the molecule is COc1cc(Br)c(OC)c(C(=O)NNC(=O)c2sc(-c3ccccc3)nc2C)c1. The molecule has 29 heavy (non-hydrogen) atoms. The summed E-state index contributed by atoms with van der Waals surface area (Å²) in [5.41, 5.74) is 6.57. The summed E-state index contributed by atoms with van der Waals surface area (Å²) in [6.45, 7) is 1.75. The fraction of sp³-hybridized carbons (Fsp3) is 0.150. The smallest absolute Gasteiger partial charge is 0.281 e. The Hall–Kier alpha value is -2.91. The van der Waals surface area contributed by atoms with Crippen LogP contribution in [-0.4, -0.2) is 31.0 Å². The Labute approximate surface area is 180 Å². The monoisotopic (exact) mass is 475 g/mol. The van der Waals surface area contributed by atoms with Crippen molar-refractivity contribution < 1.29 is 19.1 Å². The molecule has 0 aliphatic rings. The summed E-state index contributed by atoms with van der Waals surface area (Å²) in [6, 6.07) is 12.8. The summed E-state index contributed by atoms with van der Waals surface area (Å²) >= 11 is 4.60. The molecule has 2 N–H and O–H groups in total. The molecule has 150 valence electrons. The number of hydrazine groups is 1. The first-order valence-electron chi connectivity index (χ1n) is 8.49. The molecule has 2 aromatic carbocycles. The van der Waals surface area contributed by atoms with Crippen molar-refractivity contribution in [2.24, 2.45) is 0 Å². The summed E-state index contributed by atoms with van der Waals surface area (Å²) in [5.74, 6) is -0.186. The lowest BCUT2D eigenvalue weighted by Crippen LogP contribution is -2.41. The van der Waals surface area contributed by atoms with Gasteiger partial charge in [0.1, 0.15) is 21.4 Å². The highest BCUT2D eigenvalue weighted by molar-refractivity contribution is 9.10. The number of nitrogens with zero attached hydrogens (tertiary/aromatic N) is 1. The number of methoxy groups -OCH3 is 2. The molecule has 1 heterocycles. The quantitative estimate of drug-likeness (QED) is 0.544. The number of carbonyl (C=O) groups excluding carboxylic acids is 2. The first-order chi connectivity index (χ1) is 13.9. The van der Waals surface area contributed by atoms with E-state index in [-0.39, 0.29) is 5.56 Å². The van der Waals surface area contributed by atoms with Crippen molar-refractivity contribution in [3.05, 3.63) is 63.1 Å². The number of thiazole rings is 1. The van der Waals surface area contributed by atoms with Gasteiger partial charge in [-0.25, -0.2) is 4.98 Å². The zero-order chi connectivity index (χ0) is 21.0. The number of carbonyl (C=O) groups is 2. The van der Waals surface area contributed by atoms with Crippen molar-refractivity contribution in [1.82, 2.24) is 15.8 Å². The molecular formula is C20H18BrN3O4S. The topological polar surface area (TPSA) is 89.5 Å². The van der Waals surface area contributed by atoms with Crippen molar-refractivity contribution in [2.45, 2.75) is 6.92 Å². The zero-order valence-corrected chi connectivity index (χ0v) is 18.3. The second-order valence-electron chi connectivity index (χ2n) is 5.90. The molecule has 0 aliphatic heterocycles. The second-order valence-corrected chi connectivity index (χ2v) is 7.75. The highest BCUT2D eigenvalue weighted by atomic mass is 79.9. The molecule has 0 radical (unpaired) electrons. The highest BCUT2D eigenvalue weighted by Gasteiger charge is 2.20. The van der Waals surface area contributed by atoms with E-state index in [1.165, 1.54) is 31.6 Å². The maximum Gasteiger partial charge on any atom is 0.281 e. The Balaban J connectivity index is 1.76. The van der Waals surface area contributed by atoms with Crippen molar-refractivity contribution >= 4 is 39.1 Å². The molecule has 1 aromatic heterocycles. The lowest BCUT2D eigenvalue weighted by molar-refractivity contribution is 0.0846. The van der Waals surface area contributed by atoms with Crippen LogP contribution < -0.4 is 20.3 Å². The van der Waals surface area contributed by atoms with Gasteiger partial charge in [0, 0.05) is 5.56 Å². The average Bonchev–Trinajstić information content (AvgIpc) is 3.13. The van der Waals surface area contributed by atoms with E-state index < -0.39 is 11.8 Å². The summed E-state index contributed by atoms with van der Waals surface area (Å²) < 4.78 is 11.0. The zero-order valence-electron chi connectivity index (χ0n) is 15.9. The molecule has 0 atom stereocenters. The molecule has 9 heteroatoms. The van der Waals surface area contributed by atoms with E-state index in [1.54, 1.807) is 13.0 Å². The number of ether oxygens (including phenoxy) is 2. The molecule has 7 nitrogen and oxygen atoms in total. The third kappa shape index (κ3) is 4.57. The third-order valence-electron chi connectivity index (χ3n) is 4.01. The maximum atomic E-state index is 12.6. The van der Waals surface area contributed by atoms with E-state index in [4.69, 9.17) is 9.47 Å². The number of rotatable bonds is 5. The van der Waals surface area contributed by atoms with Crippen LogP contribution in [0.15, 0.2) is 46.9 Å². The van der Waals surface area contributed by atoms with Crippen LogP contribution in [0.3, 0.4) is 0 Å². The molecule has 0 saturated carbocycles. The number of halogens is 1. The number of nitrogens with one attached hydrogen (secondary N) is 2. The molecule has 0 spiro atoms. The van der Waals surface area contributed by atoms with Crippen LogP contribution in [0, 0.1) is 6.92 Å². The van der Waals surface area contributed by atoms with Gasteiger partial charge in [-0.05, 0) is 35.0 Å². The standard InChI is InChI=1S/C20H18BrN3O4S/c1-11-17(29-20(22-11)12-7-5-4-6-8-12)19(26)24-23-18(25)14-9-13(27-2)10-15(21)16(14)28-3/h4-10H,1-3H3,(H,23,25)(H,24,26). The number of amides is 2. The van der Waals surface area contributed by atoms with Gasteiger partial charge in [-0.2, -0.15) is 0 Å². The fourth-order valence-electron chi connectivity index (χ4n) is 2.61. The van der Waals surface area contributed by atoms with Crippen molar-refractivity contribution in [1.29, 1.82) is 0 Å². The molecule has 0 fully saturated rings. The van der Waals surface area contributed by atoms with Gasteiger partial charge in [0.25, 0.3) is 11.8 Å². The average molecular weight is 476 g/mol. The van der Waals surface area contributed by atoms with E-state index in [1.807, 2.05) is 30.3 Å². The Morgan fingerprint density at radius 1 is 1.03 bits per heavy atom. The van der Waals surface area contributed by atoms with E-state index in [9.17, 15) is 9.59 Å². The maximum absolute atomic E-state index is 12.6. The summed E-state index contributed by atoms with van der Waals surface area (Å²) in [6.07, 6.45) is 0. The Bertz CT molecular complexity index is 1050. The van der Waals surface area contributed by atoms with Crippen LogP contribution in [0.25, 0.3) is 10.6 Å². The van der Waals surface area contributed by atoms with Gasteiger partial charge < -0.3 is 9.47 Å². The molecule has 3 aromatic rings. The molecule has 0 bridgehead atoms. The van der Waals surface area contributed by atoms with Gasteiger partial charge >= 0.3 is 0 Å². The molecule has 0 unspecified atom stereocenters. The summed E-state index contributed by atoms with van der Waals surface area (Å²) in [7, 11) is 2.95. The van der Waals surface area contributed by atoms with Crippen LogP contribution >= 0.6 is 27.3 Å². The van der Waals surface area contributed by atoms with Gasteiger partial charge in [-0.1, -0.05) is 30.3 Å². The number of hydrogen-bond donors (Lipinski definition) is 2. The molecule has 2 amide bonds. The Morgan fingerprint density at radius 3 is 2.38 bits per heavy atom. The van der Waals surface area contributed by atoms with Gasteiger partial charge in [0.05, 0.1) is 29.9 Å². The number of benzene rings is 2. The predicted octanol–water partition coefficient (Wildman–Crippen LogP) is 3.97. The lowest BCUT2D eigenvalue weighted by atomic mass is 10.2. The minimum absolute atomic E-state index is 0.213. The van der Waals surface area contributed by atoms with Crippen LogP contribution in [0.1, 0.15) is 25.7 Å². The minimum Gasteiger partial charge on any atom is -0.497 e. The molecule has 0 saturated heterocycles. The van der Waals surface area contributed by atoms with Crippen LogP contribution in [0.5, 0.6) is 11.5 Å². The summed E-state index contributed by atoms with van der Waals surface area (Å²) in [5, 5.41) is 0.734. The highest BCUT2D eigenvalue weighted by Crippen LogP contribution is 2.33. The van der Waals surface area contributed by atoms with E-state index in [2.05, 4.69) is 31.8 Å². The van der Waals surface area contributed by atoms with Crippen LogP contribution in [-0.2, 0) is 0 Å². The lowest BCUT2D eigenvalue weighted by Gasteiger charge is -2.13. The van der Waals surface area contributed by atoms with Crippen molar-refractivity contribution in [2.75, 3.05) is 14.2 Å². The second kappa shape index (κ2) is 9.06. The van der Waals surface area contributed by atoms with E-state index >= 15 is 0 Å². The normalized spacial score (nSPS) is 10.3. The van der Waals surface area contributed by atoms with E-state index in [0.29, 0.717) is 26.5 Å². The molecular weight excluding hydrogens is 458 g/mol. The van der Waals surface area contributed by atoms with Crippen molar-refractivity contribution in [3.63, 3.8) is 0 Å². The predicted molar refractivity (Wildman–Crippen MR) is 114 cm³/mol. The minimum atomic E-state index is -0.541. The fourth-order valence-corrected chi connectivity index (χ4v) is 4.18. The van der Waals surface area contributed by atoms with Crippen LogP contribution in [0.4, 0.5) is 0 Å². The van der Waals surface area contributed by atoms with Gasteiger partial charge in [0.2, 0.25) is 0 Å². The largest absolute Gasteiger partial charge is 0.497 e. The first kappa shape index (κ1) is 20.8. The first-order valence-corrected chi connectivity index (χ1v) is 10.1. The van der Waals surface area contributed by atoms with Crippen LogP contribution in [0.2, 0.25) is 0 Å².